The van der Waals surface area contributed by atoms with Crippen molar-refractivity contribution in [3.63, 3.8) is 0 Å². The standard InChI is InChI=1S/C58H89N11O15S/c1-7-31(2)26-32(3)16-12-10-8-9-11-13-19-45(77)63-38-28-41(74)53(85(6)42-18-15-14-17-37(42)59)66-57(84)58(62)43(75)24-25-69(58)55(82)47(40(73)29-44(60)76)64-52(80)48(46(61)50(78)34-20-22-35(71)23-21-34)65-51(79)39-27-36(72)30-68(39)56(83)49(33(4)70)67(5)54(38)81/h14-15,17-18,20-23,31-33,36,38-41,43,46-50,53,70,72-75,78H,5-13,16,19,24-30,59,61-62H2,1-4H3,(H6-,60,63,64,65,66,71,76,77,79,80,84)/p+1. The summed E-state index contributed by atoms with van der Waals surface area (Å²) < 4.78 is 0.564. The molecule has 26 nitrogen and oxygen atoms in total. The molecule has 3 heterocycles. The highest BCUT2D eigenvalue weighted by Gasteiger charge is 2.57. The molecule has 8 amide bonds. The Morgan fingerprint density at radius 1 is 0.859 bits per heavy atom. The van der Waals surface area contributed by atoms with Gasteiger partial charge in [-0.15, -0.1) is 10.5 Å². The summed E-state index contributed by atoms with van der Waals surface area (Å²) in [5, 5.41) is 87.9. The number of nitrogens with two attached hydrogens (primary N) is 4. The van der Waals surface area contributed by atoms with E-state index in [-0.39, 0.29) is 28.3 Å². The van der Waals surface area contributed by atoms with Crippen LogP contribution in [-0.2, 0) is 38.4 Å². The minimum absolute atomic E-state index is 0.00857. The van der Waals surface area contributed by atoms with Gasteiger partial charge in [0.25, 0.3) is 17.9 Å². The summed E-state index contributed by atoms with van der Waals surface area (Å²) in [6.07, 6.45) is -5.66. The van der Waals surface area contributed by atoms with Crippen molar-refractivity contribution in [2.75, 3.05) is 18.8 Å². The normalized spacial score (nSPS) is 28.3. The van der Waals surface area contributed by atoms with Crippen LogP contribution in [0.5, 0.6) is 5.75 Å². The van der Waals surface area contributed by atoms with Crippen molar-refractivity contribution in [3.05, 3.63) is 54.1 Å². The van der Waals surface area contributed by atoms with Crippen LogP contribution in [0.25, 0.3) is 0 Å². The summed E-state index contributed by atoms with van der Waals surface area (Å²) in [5.41, 5.74) is 22.5. The number of amides is 8. The smallest absolute Gasteiger partial charge is 0.409 e. The number of aliphatic hydroxyl groups excluding tert-OH is 6. The molecule has 0 radical (unpaired) electrons. The molecular formula is C58H90N11O15S+. The topological polar surface area (TPSA) is 440 Å². The number of phenolic OH excluding ortho intramolecular Hbond substituents is 1. The zero-order chi connectivity index (χ0) is 63.2. The highest BCUT2D eigenvalue weighted by molar-refractivity contribution is 8.14. The average molecular weight is 1210 g/mol. The number of fused-ring (bicyclic) bond motifs is 2. The predicted molar refractivity (Wildman–Crippen MR) is 316 cm³/mol. The van der Waals surface area contributed by atoms with Crippen molar-refractivity contribution >= 4 is 76.0 Å². The molecule has 85 heavy (non-hydrogen) atoms. The van der Waals surface area contributed by atoms with Crippen LogP contribution in [0.1, 0.15) is 129 Å². The number of aromatic hydroxyl groups is 1. The molecule has 0 spiro atoms. The predicted octanol–water partition coefficient (Wildman–Crippen LogP) is -1.62. The van der Waals surface area contributed by atoms with Gasteiger partial charge in [0.05, 0.1) is 42.3 Å². The Morgan fingerprint density at radius 2 is 1.48 bits per heavy atom. The number of carbonyl (C=O) groups is 8. The van der Waals surface area contributed by atoms with Crippen molar-refractivity contribution in [2.24, 2.45) is 29.0 Å². The monoisotopic (exact) mass is 1210 g/mol. The largest absolute Gasteiger partial charge is 0.508 e. The lowest BCUT2D eigenvalue weighted by atomic mass is 9.91. The number of unbranched alkanes of at least 4 members (excludes halogenated alkanes) is 5. The Morgan fingerprint density at radius 3 is 2.11 bits per heavy atom. The van der Waals surface area contributed by atoms with E-state index >= 15 is 9.59 Å². The van der Waals surface area contributed by atoms with Gasteiger partial charge in [0.15, 0.2) is 11.7 Å². The first kappa shape index (κ1) is 69.3. The van der Waals surface area contributed by atoms with Gasteiger partial charge in [-0.25, -0.2) is 4.79 Å². The fraction of sp³-hybridized carbons (Fsp3) is 0.621. The third kappa shape index (κ3) is 17.6. The third-order valence-corrected chi connectivity index (χ3v) is 18.4. The summed E-state index contributed by atoms with van der Waals surface area (Å²) in [7, 11) is -1.65. The number of para-hydroxylation sites is 1. The van der Waals surface area contributed by atoms with Crippen LogP contribution in [0.4, 0.5) is 5.69 Å². The van der Waals surface area contributed by atoms with E-state index in [9.17, 15) is 64.5 Å². The van der Waals surface area contributed by atoms with Crippen LogP contribution in [0.2, 0.25) is 0 Å². The molecular weight excluding hydrogens is 1120 g/mol. The van der Waals surface area contributed by atoms with Crippen LogP contribution >= 0.6 is 10.5 Å². The number of nitrogen functional groups attached to an aromatic ring is 1. The van der Waals surface area contributed by atoms with Gasteiger partial charge in [0.2, 0.25) is 29.5 Å². The molecule has 2 aromatic carbocycles. The molecule has 3 aliphatic rings. The molecule has 472 valence electrons. The highest BCUT2D eigenvalue weighted by Crippen LogP contribution is 2.37. The fourth-order valence-corrected chi connectivity index (χ4v) is 12.9. The molecule has 3 fully saturated rings. The summed E-state index contributed by atoms with van der Waals surface area (Å²) in [5.74, 6) is -4.28. The second-order valence-electron chi connectivity index (χ2n) is 23.1. The summed E-state index contributed by atoms with van der Waals surface area (Å²) in [4.78, 5) is 117. The maximum atomic E-state index is 15.0. The van der Waals surface area contributed by atoms with E-state index in [1.165, 1.54) is 42.8 Å². The number of aliphatic hydroxyl groups is 6. The molecule has 0 saturated carbocycles. The van der Waals surface area contributed by atoms with E-state index in [0.29, 0.717) is 34.2 Å². The SMILES string of the molecule is C=[N+]1C(=O)C(NC(=O)CCCCCCCCC(C)CC(C)CC)CC(O)C(S(=C)c2ccccc2N)NC(=O)C2(N)C(O)CCN2C(=O)C(C(O)CC(N)=O)NC(=O)C(C(N)C(O)c2ccc(O)cc2)NC(=O)C2CC(O)CN2C(=O)C1C(C)O. The summed E-state index contributed by atoms with van der Waals surface area (Å²) in [6, 6.07) is -0.831. The number of hydrogen-bond donors (Lipinski definition) is 15. The van der Waals surface area contributed by atoms with Gasteiger partial charge in [0.1, 0.15) is 42.8 Å². The first-order valence-electron chi connectivity index (χ1n) is 29.1. The molecule has 0 bridgehead atoms. The molecule has 0 aromatic heterocycles. The van der Waals surface area contributed by atoms with Crippen molar-refractivity contribution in [2.45, 2.75) is 206 Å². The quantitative estimate of drug-likeness (QED) is 0.0273. The molecule has 27 heteroatoms. The number of nitrogens with zero attached hydrogens (tertiary/aromatic N) is 3. The number of primary amides is 1. The van der Waals surface area contributed by atoms with Gasteiger partial charge in [-0.3, -0.25) is 39.3 Å². The number of rotatable bonds is 22. The van der Waals surface area contributed by atoms with Crippen LogP contribution in [0.3, 0.4) is 0 Å². The molecule has 2 aromatic rings. The van der Waals surface area contributed by atoms with Gasteiger partial charge in [-0.1, -0.05) is 95.9 Å². The number of carbonyl (C=O) groups excluding carboxylic acids is 8. The number of anilines is 1. The Hall–Kier alpha value is -6.43. The van der Waals surface area contributed by atoms with E-state index in [0.717, 1.165) is 50.3 Å². The maximum absolute atomic E-state index is 15.0. The van der Waals surface area contributed by atoms with Gasteiger partial charge >= 0.3 is 5.91 Å². The molecule has 3 aliphatic heterocycles. The first-order valence-corrected chi connectivity index (χ1v) is 30.5. The van der Waals surface area contributed by atoms with Gasteiger partial charge < -0.3 is 84.0 Å². The maximum Gasteiger partial charge on any atom is 0.409 e. The number of nitrogens with one attached hydrogen (secondary N) is 4. The Balaban J connectivity index is 1.62. The second kappa shape index (κ2) is 31.3. The van der Waals surface area contributed by atoms with Crippen molar-refractivity contribution in [1.82, 2.24) is 31.1 Å². The minimum Gasteiger partial charge on any atom is -0.508 e. The highest BCUT2D eigenvalue weighted by atomic mass is 32.2. The van der Waals surface area contributed by atoms with Crippen molar-refractivity contribution < 1.29 is 78.7 Å². The van der Waals surface area contributed by atoms with Crippen LogP contribution in [0.15, 0.2) is 53.4 Å². The molecule has 19 N–H and O–H groups in total. The van der Waals surface area contributed by atoms with Gasteiger partial charge in [-0.2, -0.15) is 4.58 Å². The molecule has 17 unspecified atom stereocenters. The molecule has 17 atom stereocenters. The fourth-order valence-electron chi connectivity index (χ4n) is 11.3. The van der Waals surface area contributed by atoms with Gasteiger partial charge in [-0.05, 0) is 67.9 Å². The lowest BCUT2D eigenvalue weighted by Crippen LogP contribution is -2.72. The second-order valence-corrected chi connectivity index (χ2v) is 24.9. The molecule has 0 aliphatic carbocycles. The number of phenols is 1. The number of hydrogen-bond acceptors (Lipinski definition) is 18. The van der Waals surface area contributed by atoms with E-state index in [4.69, 9.17) is 22.9 Å². The Kier molecular flexibility index (Phi) is 25.5. The molecule has 5 rings (SSSR count). The minimum atomic E-state index is -2.84. The molecule has 3 saturated heterocycles. The lowest BCUT2D eigenvalue weighted by Gasteiger charge is -2.40. The Bertz CT molecular complexity index is 2720. The lowest BCUT2D eigenvalue weighted by molar-refractivity contribution is -0.481. The number of benzene rings is 2. The Labute approximate surface area is 498 Å². The van der Waals surface area contributed by atoms with Crippen molar-refractivity contribution in [1.29, 1.82) is 0 Å². The van der Waals surface area contributed by atoms with Crippen LogP contribution in [0, 0.1) is 11.8 Å². The van der Waals surface area contributed by atoms with E-state index in [1.807, 2.05) is 0 Å². The van der Waals surface area contributed by atoms with Gasteiger partial charge in [0, 0.05) is 42.9 Å². The average Bonchev–Trinajstić information content (AvgIpc) is 3.37. The first-order chi connectivity index (χ1) is 40.0. The van der Waals surface area contributed by atoms with E-state index in [1.54, 1.807) is 12.1 Å². The zero-order valence-corrected chi connectivity index (χ0v) is 49.8. The van der Waals surface area contributed by atoms with Crippen LogP contribution in [-0.4, -0.2) is 201 Å². The summed E-state index contributed by atoms with van der Waals surface area (Å²) >= 11 is 0. The van der Waals surface area contributed by atoms with Crippen LogP contribution < -0.4 is 44.2 Å². The van der Waals surface area contributed by atoms with E-state index < -0.39 is 180 Å². The van der Waals surface area contributed by atoms with E-state index in [2.05, 4.69) is 54.6 Å². The van der Waals surface area contributed by atoms with Crippen molar-refractivity contribution in [3.8, 4) is 5.75 Å². The summed E-state index contributed by atoms with van der Waals surface area (Å²) in [6.45, 7) is 10.5. The third-order valence-electron chi connectivity index (χ3n) is 16.4. The zero-order valence-electron chi connectivity index (χ0n) is 49.0.